The predicted octanol–water partition coefficient (Wildman–Crippen LogP) is 6.42. The van der Waals surface area contributed by atoms with Gasteiger partial charge in [0.15, 0.2) is 17.7 Å². The molecule has 0 bridgehead atoms. The summed E-state index contributed by atoms with van der Waals surface area (Å²) in [5.74, 6) is -0.245. The van der Waals surface area contributed by atoms with Crippen molar-refractivity contribution in [3.05, 3.63) is 83.7 Å². The Morgan fingerprint density at radius 1 is 1.04 bits per heavy atom. The van der Waals surface area contributed by atoms with Crippen LogP contribution in [0, 0.1) is 5.82 Å². The van der Waals surface area contributed by atoms with Crippen molar-refractivity contribution in [2.45, 2.75) is 87.6 Å². The van der Waals surface area contributed by atoms with Crippen LogP contribution in [0.5, 0.6) is 0 Å². The first-order chi connectivity index (χ1) is 23.3. The number of rotatable bonds is 9. The van der Waals surface area contributed by atoms with E-state index in [0.29, 0.717) is 36.3 Å². The molecule has 0 spiro atoms. The number of aryl methyl sites for hydroxylation is 2. The highest BCUT2D eigenvalue weighted by molar-refractivity contribution is 7.91. The Kier molecular flexibility index (Phi) is 9.37. The Hall–Kier alpha value is -2.94. The molecule has 49 heavy (non-hydrogen) atoms. The van der Waals surface area contributed by atoms with Gasteiger partial charge in [-0.25, -0.2) is 22.8 Å². The zero-order chi connectivity index (χ0) is 34.6. The minimum absolute atomic E-state index is 0.178. The van der Waals surface area contributed by atoms with Gasteiger partial charge in [0, 0.05) is 57.4 Å². The van der Waals surface area contributed by atoms with E-state index in [1.54, 1.807) is 29.0 Å². The molecule has 4 aromatic rings. The van der Waals surface area contributed by atoms with Crippen LogP contribution < -0.4 is 4.90 Å². The number of aromatic nitrogens is 3. The van der Waals surface area contributed by atoms with E-state index in [1.165, 1.54) is 23.5 Å². The van der Waals surface area contributed by atoms with Crippen molar-refractivity contribution in [3.63, 3.8) is 0 Å². The van der Waals surface area contributed by atoms with Crippen LogP contribution in [0.3, 0.4) is 0 Å². The molecule has 2 fully saturated rings. The Morgan fingerprint density at radius 2 is 1.84 bits per heavy atom. The molecule has 3 aliphatic rings. The predicted molar refractivity (Wildman–Crippen MR) is 195 cm³/mol. The van der Waals surface area contributed by atoms with Gasteiger partial charge in [0.2, 0.25) is 0 Å². The van der Waals surface area contributed by atoms with Crippen LogP contribution in [0.15, 0.2) is 65.4 Å². The summed E-state index contributed by atoms with van der Waals surface area (Å²) in [5.41, 5.74) is 5.15. The first-order valence-corrected chi connectivity index (χ1v) is 22.4. The van der Waals surface area contributed by atoms with E-state index in [-0.39, 0.29) is 17.0 Å². The lowest BCUT2D eigenvalue weighted by Crippen LogP contribution is -2.50. The number of anilines is 1. The molecule has 0 saturated carbocycles. The molecule has 13 heteroatoms. The summed E-state index contributed by atoms with van der Waals surface area (Å²) in [5, 5.41) is 0.952. The lowest BCUT2D eigenvalue weighted by molar-refractivity contribution is 0.177. The molecule has 9 nitrogen and oxygen atoms in total. The largest absolute Gasteiger partial charge is 0.413 e. The molecule has 2 aromatic heterocycles. The van der Waals surface area contributed by atoms with Crippen LogP contribution in [0.4, 0.5) is 9.52 Å². The lowest BCUT2D eigenvalue weighted by Gasteiger charge is -2.38. The van der Waals surface area contributed by atoms with E-state index >= 15 is 0 Å². The lowest BCUT2D eigenvalue weighted by atomic mass is 9.94. The van der Waals surface area contributed by atoms with Crippen molar-refractivity contribution in [2.75, 3.05) is 37.6 Å². The van der Waals surface area contributed by atoms with E-state index in [1.807, 2.05) is 12.3 Å². The van der Waals surface area contributed by atoms with Gasteiger partial charge >= 0.3 is 0 Å². The van der Waals surface area contributed by atoms with Crippen LogP contribution in [0.1, 0.15) is 43.9 Å². The maximum absolute atomic E-state index is 14.1. The van der Waals surface area contributed by atoms with Crippen molar-refractivity contribution in [1.29, 1.82) is 0 Å². The molecule has 2 atom stereocenters. The molecule has 0 amide bonds. The van der Waals surface area contributed by atoms with Gasteiger partial charge < -0.3 is 13.9 Å². The van der Waals surface area contributed by atoms with Crippen molar-refractivity contribution >= 4 is 34.8 Å². The van der Waals surface area contributed by atoms with Crippen molar-refractivity contribution in [1.82, 2.24) is 23.7 Å². The smallest absolute Gasteiger partial charge is 0.254 e. The molecule has 2 aromatic carbocycles. The van der Waals surface area contributed by atoms with Crippen molar-refractivity contribution in [3.8, 4) is 11.3 Å². The fraction of sp³-hybridized carbons (Fsp3) is 0.500. The maximum atomic E-state index is 14.1. The normalized spacial score (nSPS) is 20.8. The second kappa shape index (κ2) is 13.3. The van der Waals surface area contributed by atoms with Gasteiger partial charge in [-0.2, -0.15) is 4.31 Å². The molecular formula is C36H47FN6O3S2Si. The first-order valence-electron chi connectivity index (χ1n) is 17.3. The van der Waals surface area contributed by atoms with Crippen LogP contribution >= 0.6 is 11.3 Å². The fourth-order valence-corrected chi connectivity index (χ4v) is 11.2. The van der Waals surface area contributed by atoms with Crippen LogP contribution in [0.25, 0.3) is 11.3 Å². The van der Waals surface area contributed by atoms with Crippen LogP contribution in [-0.2, 0) is 40.4 Å². The van der Waals surface area contributed by atoms with Crippen molar-refractivity contribution in [2.24, 2.45) is 0 Å². The number of thiazole rings is 1. The molecule has 262 valence electrons. The third-order valence-corrected chi connectivity index (χ3v) is 18.8. The second-order valence-electron chi connectivity index (χ2n) is 15.2. The van der Waals surface area contributed by atoms with Crippen molar-refractivity contribution < 1.29 is 17.2 Å². The molecule has 2 saturated heterocycles. The van der Waals surface area contributed by atoms with E-state index in [2.05, 4.69) is 70.3 Å². The highest BCUT2D eigenvalue weighted by atomic mass is 32.2. The number of hydrogen-bond acceptors (Lipinski definition) is 8. The number of piperazine rings is 1. The molecule has 5 heterocycles. The van der Waals surface area contributed by atoms with Gasteiger partial charge in [-0.15, -0.1) is 0 Å². The molecule has 0 aliphatic carbocycles. The number of hydrogen-bond donors (Lipinski definition) is 0. The summed E-state index contributed by atoms with van der Waals surface area (Å²) in [6.45, 7) is 16.4. The zero-order valence-corrected chi connectivity index (χ0v) is 31.7. The number of sulfonamides is 1. The summed E-state index contributed by atoms with van der Waals surface area (Å²) in [4.78, 5) is 13.9. The SMILES string of the molecule is CC(C)(C)[Si](C)(C)O[C@@H]1C[C@H]2CN(c3ncc(S(=O)(=O)N4CCc5cccc(-c6cncn6CCc6ccc(F)cc6)c5C4)s3)CCN2C1. The van der Waals surface area contributed by atoms with Gasteiger partial charge in [-0.1, -0.05) is 62.4 Å². The highest BCUT2D eigenvalue weighted by Crippen LogP contribution is 2.40. The average Bonchev–Trinajstić information content (AvgIpc) is 3.83. The van der Waals surface area contributed by atoms with E-state index in [9.17, 15) is 12.8 Å². The zero-order valence-electron chi connectivity index (χ0n) is 29.1. The summed E-state index contributed by atoms with van der Waals surface area (Å²) >= 11 is 1.28. The van der Waals surface area contributed by atoms with Crippen LogP contribution in [0.2, 0.25) is 18.1 Å². The van der Waals surface area contributed by atoms with E-state index < -0.39 is 18.3 Å². The Bertz CT molecular complexity index is 1910. The quantitative estimate of drug-likeness (QED) is 0.185. The Balaban J connectivity index is 1.03. The maximum Gasteiger partial charge on any atom is 0.254 e. The number of imidazole rings is 1. The van der Waals surface area contributed by atoms with E-state index in [0.717, 1.165) is 72.1 Å². The van der Waals surface area contributed by atoms with Gasteiger partial charge in [-0.3, -0.25) is 4.90 Å². The van der Waals surface area contributed by atoms with E-state index in [4.69, 9.17) is 4.43 Å². The van der Waals surface area contributed by atoms with Gasteiger partial charge in [-0.05, 0) is 66.2 Å². The third kappa shape index (κ3) is 7.02. The molecule has 0 unspecified atom stereocenters. The minimum atomic E-state index is -3.74. The molecule has 0 N–H and O–H groups in total. The molecule has 7 rings (SSSR count). The number of fused-ring (bicyclic) bond motifs is 2. The standard InChI is InChI=1S/C36H47FN6O3S2Si/c1-36(2,3)49(4,5)46-30-19-29-22-41(18-17-40(29)23-30)35-39-21-34(47-35)48(44,45)43-16-14-27-7-6-8-31(32(27)24-43)33-20-38-25-42(33)15-13-26-9-11-28(37)12-10-26/h6-12,20-21,25,29-30H,13-19,22-24H2,1-5H3/t29-,30+/m0/s1. The summed E-state index contributed by atoms with van der Waals surface area (Å²) in [6.07, 6.45) is 7.81. The van der Waals surface area contributed by atoms with Gasteiger partial charge in [0.05, 0.1) is 30.5 Å². The number of halogens is 1. The molecule has 3 aliphatic heterocycles. The number of benzene rings is 2. The monoisotopic (exact) mass is 722 g/mol. The van der Waals surface area contributed by atoms with Crippen LogP contribution in [-0.4, -0.2) is 85.3 Å². The summed E-state index contributed by atoms with van der Waals surface area (Å²) < 4.78 is 52.4. The first kappa shape index (κ1) is 34.5. The fourth-order valence-electron chi connectivity index (χ4n) is 7.12. The Morgan fingerprint density at radius 3 is 2.61 bits per heavy atom. The minimum Gasteiger partial charge on any atom is -0.413 e. The summed E-state index contributed by atoms with van der Waals surface area (Å²) in [6, 6.07) is 13.1. The Labute approximate surface area is 294 Å². The topological polar surface area (TPSA) is 83.8 Å². The molecule has 0 radical (unpaired) electrons. The second-order valence-corrected chi connectivity index (χ2v) is 23.1. The molecular weight excluding hydrogens is 676 g/mol. The van der Waals surface area contributed by atoms with Gasteiger partial charge in [0.25, 0.3) is 10.0 Å². The number of nitrogens with zero attached hydrogens (tertiary/aromatic N) is 6. The van der Waals surface area contributed by atoms with Gasteiger partial charge in [0.1, 0.15) is 5.82 Å². The third-order valence-electron chi connectivity index (χ3n) is 11.0. The summed E-state index contributed by atoms with van der Waals surface area (Å²) in [7, 11) is -5.59. The highest BCUT2D eigenvalue weighted by Gasteiger charge is 2.44. The average molecular weight is 723 g/mol.